The fraction of sp³-hybridized carbons (Fsp3) is 0.886. The maximum Gasteiger partial charge on any atom is 0.311 e. The van der Waals surface area contributed by atoms with E-state index in [-0.39, 0.29) is 49.2 Å². The molecule has 3 fully saturated rings. The van der Waals surface area contributed by atoms with Gasteiger partial charge < -0.3 is 69.5 Å². The first kappa shape index (κ1) is 52.8. The minimum Gasteiger partial charge on any atom is -0.480 e. The molecule has 1 aromatic rings. The maximum absolute atomic E-state index is 14.5. The van der Waals surface area contributed by atoms with Crippen LogP contribution in [0.3, 0.4) is 0 Å². The Kier molecular flexibility index (Phi) is 18.8. The summed E-state index contributed by atoms with van der Waals surface area (Å²) in [5.41, 5.74) is -6.04. The number of hydrogen-bond acceptors (Lipinski definition) is 17. The van der Waals surface area contributed by atoms with Gasteiger partial charge in [-0.05, 0) is 112 Å². The Morgan fingerprint density at radius 3 is 2.24 bits per heavy atom. The molecule has 3 aliphatic heterocycles. The van der Waals surface area contributed by atoms with E-state index in [4.69, 9.17) is 44.8 Å². The van der Waals surface area contributed by atoms with Crippen molar-refractivity contribution in [3.05, 3.63) is 17.7 Å². The molecule has 4 heterocycles. The molecule has 7 N–H and O–H groups in total. The fourth-order valence-electron chi connectivity index (χ4n) is 9.64. The summed E-state index contributed by atoms with van der Waals surface area (Å²) in [5, 5.41) is 58.2. The molecular formula is C44H78ClN5O12. The second kappa shape index (κ2) is 22.1. The third-order valence-electron chi connectivity index (χ3n) is 13.6. The normalized spacial score (nSPS) is 44.2. The number of hydrogen-bond donors (Lipinski definition) is 7. The molecule has 0 amide bonds. The summed E-state index contributed by atoms with van der Waals surface area (Å²) in [4.78, 5) is 22.7. The molecule has 3 aliphatic rings. The van der Waals surface area contributed by atoms with E-state index in [1.807, 2.05) is 41.7 Å². The molecule has 0 aromatic carbocycles. The SMILES string of the molecule is CCCNC[C@]1(O)[C@H](C)O[C@@H](O[C@H]2[C@H](C)[C@@H](O[C@@H]3O[C@H](C)C[C@H](NC)[C@H]3Oc3cnc(Cl)nc3)[C@](C)(O)C[C@@H](C)CN[C@H](C)[C@@H](O)[C@](C)(O)[C@@H](CC)OC(=O)[C@@H]2C)C[C@@]1(C)OC. The van der Waals surface area contributed by atoms with Crippen molar-refractivity contribution in [3.63, 3.8) is 0 Å². The Hall–Kier alpha value is -1.84. The molecule has 1 aromatic heterocycles. The molecule has 18 heteroatoms. The van der Waals surface area contributed by atoms with Gasteiger partial charge in [-0.1, -0.05) is 27.7 Å². The number of halogens is 1. The third-order valence-corrected chi connectivity index (χ3v) is 13.8. The van der Waals surface area contributed by atoms with Crippen LogP contribution in [0.25, 0.3) is 0 Å². The van der Waals surface area contributed by atoms with Gasteiger partial charge in [0.1, 0.15) is 29.0 Å². The summed E-state index contributed by atoms with van der Waals surface area (Å²) >= 11 is 6.00. The van der Waals surface area contributed by atoms with Crippen LogP contribution in [0.1, 0.15) is 108 Å². The highest BCUT2D eigenvalue weighted by Crippen LogP contribution is 2.43. The van der Waals surface area contributed by atoms with Crippen molar-refractivity contribution in [3.8, 4) is 5.75 Å². The van der Waals surface area contributed by atoms with Gasteiger partial charge in [0.2, 0.25) is 5.28 Å². The molecule has 0 radical (unpaired) electrons. The summed E-state index contributed by atoms with van der Waals surface area (Å²) in [6.45, 7) is 20.9. The van der Waals surface area contributed by atoms with Gasteiger partial charge in [-0.3, -0.25) is 4.79 Å². The molecule has 0 saturated carbocycles. The lowest BCUT2D eigenvalue weighted by atomic mass is 9.75. The van der Waals surface area contributed by atoms with Crippen molar-refractivity contribution in [1.82, 2.24) is 25.9 Å². The van der Waals surface area contributed by atoms with E-state index >= 15 is 0 Å². The first-order valence-electron chi connectivity index (χ1n) is 22.5. The fourth-order valence-corrected chi connectivity index (χ4v) is 9.74. The quantitative estimate of drug-likeness (QED) is 0.0858. The van der Waals surface area contributed by atoms with Gasteiger partial charge in [0.15, 0.2) is 24.4 Å². The average molecular weight is 905 g/mol. The van der Waals surface area contributed by atoms with Crippen molar-refractivity contribution in [2.24, 2.45) is 17.8 Å². The van der Waals surface area contributed by atoms with Gasteiger partial charge in [-0.2, -0.15) is 0 Å². The number of aliphatic hydroxyl groups excluding tert-OH is 1. The number of methoxy groups -OCH3 is 1. The predicted molar refractivity (Wildman–Crippen MR) is 232 cm³/mol. The number of nitrogens with one attached hydrogen (secondary N) is 3. The van der Waals surface area contributed by atoms with E-state index in [1.54, 1.807) is 34.6 Å². The smallest absolute Gasteiger partial charge is 0.311 e. The van der Waals surface area contributed by atoms with Gasteiger partial charge >= 0.3 is 5.97 Å². The van der Waals surface area contributed by atoms with Crippen LogP contribution in [0, 0.1) is 17.8 Å². The summed E-state index contributed by atoms with van der Waals surface area (Å²) < 4.78 is 45.6. The molecule has 0 bridgehead atoms. The number of aromatic nitrogens is 2. The first-order chi connectivity index (χ1) is 29.0. The van der Waals surface area contributed by atoms with Gasteiger partial charge in [-0.15, -0.1) is 0 Å². The molecule has 0 aliphatic carbocycles. The topological polar surface area (TPSA) is 224 Å². The van der Waals surface area contributed by atoms with Crippen LogP contribution >= 0.6 is 11.6 Å². The second-order valence-corrected chi connectivity index (χ2v) is 19.2. The van der Waals surface area contributed by atoms with Crippen molar-refractivity contribution in [2.75, 3.05) is 33.8 Å². The Morgan fingerprint density at radius 1 is 0.984 bits per heavy atom. The molecule has 4 rings (SSSR count). The number of carbonyl (C=O) groups is 1. The van der Waals surface area contributed by atoms with Gasteiger partial charge in [0.05, 0.1) is 54.4 Å². The Balaban J connectivity index is 1.84. The molecular weight excluding hydrogens is 826 g/mol. The van der Waals surface area contributed by atoms with Crippen molar-refractivity contribution in [1.29, 1.82) is 0 Å². The summed E-state index contributed by atoms with van der Waals surface area (Å²) in [7, 11) is 3.36. The number of carbonyl (C=O) groups excluding carboxylic acids is 1. The number of rotatable bonds is 13. The van der Waals surface area contributed by atoms with Crippen molar-refractivity contribution in [2.45, 2.75) is 198 Å². The van der Waals surface area contributed by atoms with Gasteiger partial charge in [0, 0.05) is 32.0 Å². The monoisotopic (exact) mass is 904 g/mol. The van der Waals surface area contributed by atoms with Crippen LogP contribution in [0.4, 0.5) is 0 Å². The Bertz CT molecular complexity index is 1550. The molecule has 18 atom stereocenters. The van der Waals surface area contributed by atoms with E-state index in [1.165, 1.54) is 26.4 Å². The largest absolute Gasteiger partial charge is 0.480 e. The standard InChI is InChI=1S/C44H78ClN5O12/c1-14-16-47-23-44(55)29(8)58-33(19-42(44,10)56-13)61-34-26(5)37(62-39-35(31(46-12)17-25(4)57-39)59-30-21-49-40(45)50-22-30)41(9,53)18-24(3)20-48-28(7)36(51)43(11,54)32(15-2)60-38(52)27(34)6/h21-22,24-29,31-37,39,46-48,51,53-55H,14-20,23H2,1-13H3/t24-,25-,26+,27-,28-,29+,31+,32-,33+,34+,35-,36-,37-,39+,41-,42-,43-,44+/m1/s1. The highest BCUT2D eigenvalue weighted by atomic mass is 35.5. The zero-order chi connectivity index (χ0) is 46.4. The van der Waals surface area contributed by atoms with Crippen LogP contribution in [0.15, 0.2) is 12.4 Å². The van der Waals surface area contributed by atoms with Crippen molar-refractivity contribution < 1.29 is 58.4 Å². The summed E-state index contributed by atoms with van der Waals surface area (Å²) in [5.74, 6) is -2.41. The number of nitrogens with zero attached hydrogens (tertiary/aromatic N) is 2. The lowest BCUT2D eigenvalue weighted by Gasteiger charge is -2.53. The minimum atomic E-state index is -1.83. The molecule has 3 saturated heterocycles. The highest BCUT2D eigenvalue weighted by molar-refractivity contribution is 6.28. The lowest BCUT2D eigenvalue weighted by Crippen LogP contribution is -2.70. The van der Waals surface area contributed by atoms with Crippen LogP contribution in [-0.4, -0.2) is 160 Å². The molecule has 358 valence electrons. The van der Waals surface area contributed by atoms with Crippen LogP contribution in [0.5, 0.6) is 5.75 Å². The average Bonchev–Trinajstić information content (AvgIpc) is 3.22. The number of aliphatic hydroxyl groups is 4. The second-order valence-electron chi connectivity index (χ2n) is 18.8. The molecule has 62 heavy (non-hydrogen) atoms. The molecule has 17 nitrogen and oxygen atoms in total. The van der Waals surface area contributed by atoms with E-state index in [2.05, 4.69) is 25.9 Å². The van der Waals surface area contributed by atoms with E-state index < -0.39 is 95.5 Å². The molecule has 0 unspecified atom stereocenters. The zero-order valence-electron chi connectivity index (χ0n) is 39.2. The van der Waals surface area contributed by atoms with Crippen LogP contribution in [0.2, 0.25) is 5.28 Å². The highest BCUT2D eigenvalue weighted by Gasteiger charge is 2.58. The van der Waals surface area contributed by atoms with E-state index in [9.17, 15) is 25.2 Å². The zero-order valence-corrected chi connectivity index (χ0v) is 40.0. The number of esters is 1. The number of likely N-dealkylation sites (N-methyl/N-ethyl adjacent to an activating group) is 1. The maximum atomic E-state index is 14.5. The summed E-state index contributed by atoms with van der Waals surface area (Å²) in [6, 6.07) is -0.886. The number of cyclic esters (lactones) is 1. The first-order valence-corrected chi connectivity index (χ1v) is 22.8. The third kappa shape index (κ3) is 12.1. The Morgan fingerprint density at radius 2 is 1.65 bits per heavy atom. The van der Waals surface area contributed by atoms with Crippen LogP contribution in [-0.2, 0) is 33.2 Å². The van der Waals surface area contributed by atoms with Gasteiger partial charge in [-0.25, -0.2) is 9.97 Å². The summed E-state index contributed by atoms with van der Waals surface area (Å²) in [6.07, 6.45) is -3.63. The van der Waals surface area contributed by atoms with Crippen molar-refractivity contribution >= 4 is 17.6 Å². The van der Waals surface area contributed by atoms with E-state index in [0.29, 0.717) is 25.3 Å². The Labute approximate surface area is 374 Å². The van der Waals surface area contributed by atoms with E-state index in [0.717, 1.165) is 6.42 Å². The molecule has 0 spiro atoms. The number of ether oxygens (including phenoxy) is 7. The lowest BCUT2D eigenvalue weighted by molar-refractivity contribution is -0.335. The van der Waals surface area contributed by atoms with Gasteiger partial charge in [0.25, 0.3) is 0 Å². The minimum absolute atomic E-state index is 0.0594. The predicted octanol–water partition coefficient (Wildman–Crippen LogP) is 3.12. The van der Waals surface area contributed by atoms with Crippen LogP contribution < -0.4 is 20.7 Å².